The van der Waals surface area contributed by atoms with E-state index in [2.05, 4.69) is 55.4 Å². The van der Waals surface area contributed by atoms with Crippen molar-refractivity contribution in [2.24, 2.45) is 61.1 Å². The molecule has 2 N–H and O–H groups in total. The predicted molar refractivity (Wildman–Crippen MR) is 424 cm³/mol. The summed E-state index contributed by atoms with van der Waals surface area (Å²) < 4.78 is 33.8. The Bertz CT molecular complexity index is 3230. The molecule has 0 bridgehead atoms. The molecule has 12 aliphatic carbocycles. The molecular formula is C90H148O18. The minimum atomic E-state index is -0.872. The predicted octanol–water partition coefficient (Wildman–Crippen LogP) is 18.3. The molecule has 616 valence electrons. The molecule has 1 heterocycles. The summed E-state index contributed by atoms with van der Waals surface area (Å²) in [7, 11) is 3.31. The average Bonchev–Trinajstić information content (AvgIpc) is 1.30. The SMILES string of the molecule is C.C.C.CC1(C)[C@@H]2CCC[C@H](O)[C@@]2(C)CCC12OCCO2.CC1=C2CCCC(=O)[C@@]2(C)CCC1=O.CC1=C2CCC[C@H](O)[C@@]2(C)CCC1=O.CC1C(=O)CCCC1=O.CCC(=O)CCC1(C)C(=O)CCCC1=O.COCO[C@H]1CCCC2=C(C)C(=O)CC[C@@]21C.COCO[C@H]1CCC[C@H]2C(C)(C)C(=O)CC[C@]12C. The van der Waals surface area contributed by atoms with Crippen LogP contribution in [0, 0.1) is 61.1 Å². The Morgan fingerprint density at radius 3 is 1.46 bits per heavy atom. The molecular weight excluding hydrogens is 1370 g/mol. The Hall–Kier alpha value is -4.40. The van der Waals surface area contributed by atoms with Gasteiger partial charge in [-0.2, -0.15) is 0 Å². The first-order chi connectivity index (χ1) is 49.3. The van der Waals surface area contributed by atoms with Gasteiger partial charge >= 0.3 is 0 Å². The van der Waals surface area contributed by atoms with Crippen LogP contribution in [-0.2, 0) is 76.4 Å². The number of methoxy groups -OCH3 is 2. The summed E-state index contributed by atoms with van der Waals surface area (Å²) in [4.78, 5) is 115. The Kier molecular flexibility index (Phi) is 35.6. The molecule has 0 unspecified atom stereocenters. The molecule has 13 aliphatic rings. The van der Waals surface area contributed by atoms with E-state index >= 15 is 0 Å². The Labute approximate surface area is 651 Å². The number of aliphatic hydroxyl groups is 2. The summed E-state index contributed by atoms with van der Waals surface area (Å²) in [5.74, 6) is 2.24. The molecule has 1 aliphatic heterocycles. The second-order valence-electron chi connectivity index (χ2n) is 35.7. The molecule has 0 aromatic rings. The highest BCUT2D eigenvalue weighted by Crippen LogP contribution is 2.64. The van der Waals surface area contributed by atoms with Crippen molar-refractivity contribution in [3.05, 3.63) is 33.4 Å². The van der Waals surface area contributed by atoms with Gasteiger partial charge in [0.15, 0.2) is 23.1 Å². The lowest BCUT2D eigenvalue weighted by Gasteiger charge is -2.61. The smallest absolute Gasteiger partial charge is 0.173 e. The Balaban J connectivity index is 0.000000267. The number of rotatable bonds is 10. The molecule has 1 saturated heterocycles. The average molecular weight is 1520 g/mol. The first-order valence-corrected chi connectivity index (χ1v) is 40.5. The van der Waals surface area contributed by atoms with Crippen molar-refractivity contribution in [3.8, 4) is 0 Å². The van der Waals surface area contributed by atoms with Crippen LogP contribution in [-0.4, -0.2) is 139 Å². The van der Waals surface area contributed by atoms with Gasteiger partial charge in [-0.05, 0) is 209 Å². The van der Waals surface area contributed by atoms with Gasteiger partial charge in [0.25, 0.3) is 0 Å². The molecule has 18 nitrogen and oxygen atoms in total. The van der Waals surface area contributed by atoms with E-state index in [-0.39, 0.29) is 131 Å². The second-order valence-corrected chi connectivity index (χ2v) is 35.7. The molecule has 10 fully saturated rings. The maximum Gasteiger partial charge on any atom is 0.173 e. The first kappa shape index (κ1) is 96.0. The summed E-state index contributed by atoms with van der Waals surface area (Å²) in [6, 6.07) is 0. The number of hydrogen-bond acceptors (Lipinski definition) is 18. The second kappa shape index (κ2) is 40.1. The molecule has 9 saturated carbocycles. The highest BCUT2D eigenvalue weighted by atomic mass is 16.7. The molecule has 18 heteroatoms. The van der Waals surface area contributed by atoms with Crippen molar-refractivity contribution in [2.75, 3.05) is 41.0 Å². The lowest BCUT2D eigenvalue weighted by molar-refractivity contribution is -0.297. The monoisotopic (exact) mass is 1520 g/mol. The van der Waals surface area contributed by atoms with Crippen molar-refractivity contribution >= 4 is 57.8 Å². The minimum Gasteiger partial charge on any atom is -0.393 e. The normalized spacial score (nSPS) is 33.6. The van der Waals surface area contributed by atoms with Gasteiger partial charge in [0.1, 0.15) is 54.1 Å². The third-order valence-electron chi connectivity index (χ3n) is 29.0. The van der Waals surface area contributed by atoms with E-state index < -0.39 is 11.2 Å². The van der Waals surface area contributed by atoms with Crippen LogP contribution in [0.25, 0.3) is 0 Å². The molecule has 0 aromatic carbocycles. The quantitative estimate of drug-likeness (QED) is 0.152. The van der Waals surface area contributed by atoms with Crippen LogP contribution in [0.2, 0.25) is 0 Å². The minimum absolute atomic E-state index is 0. The van der Waals surface area contributed by atoms with E-state index in [1.165, 1.54) is 17.6 Å². The van der Waals surface area contributed by atoms with E-state index in [1.54, 1.807) is 35.0 Å². The van der Waals surface area contributed by atoms with E-state index in [0.29, 0.717) is 126 Å². The van der Waals surface area contributed by atoms with Crippen LogP contribution in [0.4, 0.5) is 0 Å². The summed E-state index contributed by atoms with van der Waals surface area (Å²) >= 11 is 0. The number of carbonyl (C=O) groups excluding carboxylic acids is 10. The van der Waals surface area contributed by atoms with Gasteiger partial charge in [-0.3, -0.25) is 47.9 Å². The maximum absolute atomic E-state index is 12.2. The molecule has 108 heavy (non-hydrogen) atoms. The number of ether oxygens (including phenoxy) is 6. The van der Waals surface area contributed by atoms with Gasteiger partial charge in [0.05, 0.1) is 49.0 Å². The van der Waals surface area contributed by atoms with Crippen LogP contribution in [0.15, 0.2) is 33.4 Å². The van der Waals surface area contributed by atoms with Crippen LogP contribution < -0.4 is 0 Å². The summed E-state index contributed by atoms with van der Waals surface area (Å²) in [5, 5.41) is 20.5. The summed E-state index contributed by atoms with van der Waals surface area (Å²) in [6.07, 6.45) is 28.2. The third-order valence-corrected chi connectivity index (χ3v) is 29.0. The summed E-state index contributed by atoms with van der Waals surface area (Å²) in [5.41, 5.74) is 5.23. The molecule has 11 atom stereocenters. The van der Waals surface area contributed by atoms with Gasteiger partial charge in [-0.1, -0.05) is 114 Å². The number of carbonyl (C=O) groups is 10. The standard InChI is InChI=1S/2C15H26O3.C14H22O3.C12H18O3.C12H18O2.C12H16O2.C7H10O2.3CH4/c1-13(2)11-5-4-6-12(16)14(11,3)7-8-15(13)17-9-10-18-15;1-14(2)11-6-5-7-13(18-10-17-4)15(11,3)9-8-12(14)16;1-10-11-5-4-6-13(17-9-16-3)14(11,2)8-7-12(10)15;1-3-9(13)7-8-12(2)10(14)5-4-6-11(12)15;2*1-8-9-4-3-5-11(14)12(9,2)7-6-10(8)13;1-5-6(8)3-2-4-7(5)9;;;/h11-12,16H,4-10H2,1-3H3;11,13H,5-10H2,1-4H3;13H,4-9H2,1-3H3;3-8H2,1-2H3;11,14H,3-7H2,1-2H3;3-7H2,1-2H3;5H,2-4H2,1H3;3*1H4/t11-,12-,14-;11-,13-,15-;13-,14-;;11-,12-;12-;;;;/m000.00..../s1. The fourth-order valence-corrected chi connectivity index (χ4v) is 21.2. The molecule has 0 amide bonds. The zero-order valence-corrected chi connectivity index (χ0v) is 67.8. The largest absolute Gasteiger partial charge is 0.393 e. The van der Waals surface area contributed by atoms with E-state index in [4.69, 9.17) is 28.4 Å². The lowest BCUT2D eigenvalue weighted by Crippen LogP contribution is -2.62. The number of ketones is 10. The zero-order valence-electron chi connectivity index (χ0n) is 67.8. The molecule has 0 radical (unpaired) electrons. The van der Waals surface area contributed by atoms with Gasteiger partial charge in [0.2, 0.25) is 0 Å². The van der Waals surface area contributed by atoms with Gasteiger partial charge in [-0.25, -0.2) is 0 Å². The fourth-order valence-electron chi connectivity index (χ4n) is 21.2. The van der Waals surface area contributed by atoms with Crippen LogP contribution >= 0.6 is 0 Å². The maximum atomic E-state index is 12.2. The van der Waals surface area contributed by atoms with Gasteiger partial charge < -0.3 is 38.6 Å². The topological polar surface area (TPSA) is 267 Å². The van der Waals surface area contributed by atoms with E-state index in [9.17, 15) is 58.2 Å². The van der Waals surface area contributed by atoms with Crippen molar-refractivity contribution in [1.82, 2.24) is 0 Å². The van der Waals surface area contributed by atoms with Crippen LogP contribution in [0.3, 0.4) is 0 Å². The first-order valence-electron chi connectivity index (χ1n) is 40.5. The number of fused-ring (bicyclic) bond motifs is 5. The Morgan fingerprint density at radius 1 is 0.454 bits per heavy atom. The highest BCUT2D eigenvalue weighted by Gasteiger charge is 2.64. The van der Waals surface area contributed by atoms with Crippen LogP contribution in [0.5, 0.6) is 0 Å². The van der Waals surface area contributed by atoms with Crippen molar-refractivity contribution < 1.29 is 86.6 Å². The third kappa shape index (κ3) is 20.4. The Morgan fingerprint density at radius 2 is 0.907 bits per heavy atom. The van der Waals surface area contributed by atoms with Crippen molar-refractivity contribution in [1.29, 1.82) is 0 Å². The fraction of sp³-hybridized carbons (Fsp3) is 0.822. The molecule has 13 rings (SSSR count). The lowest BCUT2D eigenvalue weighted by atomic mass is 9.48. The number of Topliss-reactive ketones (excluding diaryl/α,β-unsaturated/α-hetero) is 10. The van der Waals surface area contributed by atoms with Gasteiger partial charge in [0, 0.05) is 118 Å². The molecule has 0 aromatic heterocycles. The zero-order chi connectivity index (χ0) is 77.9. The summed E-state index contributed by atoms with van der Waals surface area (Å²) in [6.45, 7) is 32.9. The number of allylic oxidation sites excluding steroid dienone is 4. The van der Waals surface area contributed by atoms with E-state index in [1.807, 2.05) is 27.7 Å². The van der Waals surface area contributed by atoms with Crippen molar-refractivity contribution in [2.45, 2.75) is 375 Å². The number of hydrogen-bond donors (Lipinski definition) is 2. The number of aliphatic hydroxyl groups excluding tert-OH is 2. The van der Waals surface area contributed by atoms with Gasteiger partial charge in [-0.15, -0.1) is 0 Å². The molecule has 1 spiro atoms. The highest BCUT2D eigenvalue weighted by molar-refractivity contribution is 6.09. The van der Waals surface area contributed by atoms with E-state index in [0.717, 1.165) is 164 Å². The van der Waals surface area contributed by atoms with Crippen molar-refractivity contribution in [3.63, 3.8) is 0 Å². The van der Waals surface area contributed by atoms with Crippen LogP contribution in [0.1, 0.15) is 344 Å².